The Hall–Kier alpha value is -2.75. The van der Waals surface area contributed by atoms with E-state index in [-0.39, 0.29) is 17.9 Å². The molecule has 0 heterocycles. The van der Waals surface area contributed by atoms with Crippen LogP contribution < -0.4 is 4.74 Å². The molecule has 0 saturated heterocycles. The van der Waals surface area contributed by atoms with Crippen molar-refractivity contribution in [3.63, 3.8) is 0 Å². The monoisotopic (exact) mass is 419 g/mol. The van der Waals surface area contributed by atoms with Crippen LogP contribution in [0.2, 0.25) is 5.02 Å². The first kappa shape index (κ1) is 23.3. The molecule has 0 aliphatic heterocycles. The molecule has 0 N–H and O–H groups in total. The number of Topliss-reactive ketones (excluding diaryl/α,β-unsaturated/α-hetero) is 1. The summed E-state index contributed by atoms with van der Waals surface area (Å²) in [6.45, 7) is 1.63. The quantitative estimate of drug-likeness (QED) is 0.196. The Kier molecular flexibility index (Phi) is 8.30. The summed E-state index contributed by atoms with van der Waals surface area (Å²) in [5.41, 5.74) is -0.692. The van der Waals surface area contributed by atoms with Crippen LogP contribution >= 0.6 is 11.6 Å². The van der Waals surface area contributed by atoms with Crippen LogP contribution in [0.25, 0.3) is 0 Å². The molecule has 1 unspecified atom stereocenters. The minimum Gasteiger partial charge on any atom is -0.493 e. The highest BCUT2D eigenvalue weighted by Crippen LogP contribution is 2.41. The Balaban J connectivity index is 3.91. The van der Waals surface area contributed by atoms with Crippen LogP contribution in [-0.4, -0.2) is 50.0 Å². The van der Waals surface area contributed by atoms with Gasteiger partial charge < -0.3 is 14.2 Å². The minimum absolute atomic E-state index is 0.0271. The van der Waals surface area contributed by atoms with Crippen LogP contribution in [0.5, 0.6) is 5.75 Å². The normalized spacial score (nSPS) is 11.7. The molecule has 0 fully saturated rings. The van der Waals surface area contributed by atoms with Gasteiger partial charge >= 0.3 is 11.9 Å². The van der Waals surface area contributed by atoms with E-state index in [1.165, 1.54) is 0 Å². The van der Waals surface area contributed by atoms with Gasteiger partial charge in [0.25, 0.3) is 0 Å². The Bertz CT molecular complexity index is 782. The zero-order valence-corrected chi connectivity index (χ0v) is 16.4. The number of hydrogen-bond donors (Lipinski definition) is 0. The number of methoxy groups -OCH3 is 2. The molecule has 154 valence electrons. The van der Waals surface area contributed by atoms with Gasteiger partial charge in [0.05, 0.1) is 37.3 Å². The van der Waals surface area contributed by atoms with Crippen molar-refractivity contribution in [1.29, 1.82) is 0 Å². The molecule has 0 aliphatic rings. The van der Waals surface area contributed by atoms with Crippen LogP contribution in [0.3, 0.4) is 0 Å². The van der Waals surface area contributed by atoms with Crippen molar-refractivity contribution in [2.75, 3.05) is 27.4 Å². The third-order valence-electron chi connectivity index (χ3n) is 3.90. The van der Waals surface area contributed by atoms with E-state index in [1.807, 2.05) is 0 Å². The maximum atomic E-state index is 15.0. The van der Waals surface area contributed by atoms with Crippen LogP contribution in [-0.2, 0) is 19.1 Å². The van der Waals surface area contributed by atoms with Crippen molar-refractivity contribution in [1.82, 2.24) is 0 Å². The summed E-state index contributed by atoms with van der Waals surface area (Å²) in [5.74, 6) is -7.98. The molecule has 0 aliphatic carbocycles. The third kappa shape index (κ3) is 4.94. The van der Waals surface area contributed by atoms with Gasteiger partial charge in [0.1, 0.15) is 11.6 Å². The largest absolute Gasteiger partial charge is 0.493 e. The van der Waals surface area contributed by atoms with E-state index in [4.69, 9.17) is 16.3 Å². The minimum atomic E-state index is -1.88. The molecule has 1 aromatic rings. The third-order valence-corrected chi connectivity index (χ3v) is 4.18. The predicted molar refractivity (Wildman–Crippen MR) is 94.7 cm³/mol. The molecular formula is C17H19ClFNO8. The maximum Gasteiger partial charge on any atom is 0.320 e. The molecular weight excluding hydrogens is 401 g/mol. The van der Waals surface area contributed by atoms with E-state index in [9.17, 15) is 28.9 Å². The van der Waals surface area contributed by atoms with Crippen molar-refractivity contribution in [3.8, 4) is 5.75 Å². The van der Waals surface area contributed by atoms with Gasteiger partial charge in [0.15, 0.2) is 11.7 Å². The highest BCUT2D eigenvalue weighted by Gasteiger charge is 2.44. The fourth-order valence-corrected chi connectivity index (χ4v) is 2.94. The SMILES string of the molecule is CCOc1c(C(C)=O)cc(Cl)c(F)c1C(C[N+](=O)[O-])C(C(=O)OC)C(=O)OC. The first-order valence-corrected chi connectivity index (χ1v) is 8.41. The standard InChI is InChI=1S/C17H19ClFNO8/c1-5-28-15-9(8(2)21)6-11(18)14(19)12(15)10(7-20(24)25)13(16(22)26-3)17(23)27-4/h6,10,13H,5,7H2,1-4H3. The molecule has 0 bridgehead atoms. The van der Waals surface area contributed by atoms with Gasteiger partial charge in [-0.05, 0) is 19.9 Å². The number of nitro groups is 1. The molecule has 9 nitrogen and oxygen atoms in total. The Morgan fingerprint density at radius 2 is 1.79 bits per heavy atom. The smallest absolute Gasteiger partial charge is 0.320 e. The summed E-state index contributed by atoms with van der Waals surface area (Å²) in [7, 11) is 1.92. The highest BCUT2D eigenvalue weighted by molar-refractivity contribution is 6.31. The lowest BCUT2D eigenvalue weighted by atomic mass is 9.83. The van der Waals surface area contributed by atoms with E-state index in [2.05, 4.69) is 9.47 Å². The summed E-state index contributed by atoms with van der Waals surface area (Å²) in [5, 5.41) is 10.7. The van der Waals surface area contributed by atoms with Gasteiger partial charge in [0, 0.05) is 10.5 Å². The Labute approximate surface area is 164 Å². The molecule has 1 rings (SSSR count). The Morgan fingerprint density at radius 3 is 2.18 bits per heavy atom. The van der Waals surface area contributed by atoms with Crippen LogP contribution in [0, 0.1) is 21.8 Å². The zero-order chi connectivity index (χ0) is 21.6. The number of carbonyl (C=O) groups is 3. The number of ether oxygens (including phenoxy) is 3. The van der Waals surface area contributed by atoms with Gasteiger partial charge in [-0.3, -0.25) is 24.5 Å². The molecule has 0 amide bonds. The van der Waals surface area contributed by atoms with E-state index in [0.717, 1.165) is 27.2 Å². The summed E-state index contributed by atoms with van der Waals surface area (Å²) in [6.07, 6.45) is 0. The summed E-state index contributed by atoms with van der Waals surface area (Å²) in [4.78, 5) is 46.7. The maximum absolute atomic E-state index is 15.0. The van der Waals surface area contributed by atoms with Crippen LogP contribution in [0.15, 0.2) is 6.07 Å². The van der Waals surface area contributed by atoms with Gasteiger partial charge in [-0.1, -0.05) is 11.6 Å². The van der Waals surface area contributed by atoms with Crippen molar-refractivity contribution < 1.29 is 37.9 Å². The second kappa shape index (κ2) is 9.98. The lowest BCUT2D eigenvalue weighted by Gasteiger charge is -2.24. The average Bonchev–Trinajstić information content (AvgIpc) is 2.63. The molecule has 1 atom stereocenters. The zero-order valence-electron chi connectivity index (χ0n) is 15.6. The first-order chi connectivity index (χ1) is 13.1. The van der Waals surface area contributed by atoms with Gasteiger partial charge in [-0.25, -0.2) is 4.39 Å². The van der Waals surface area contributed by atoms with E-state index in [0.29, 0.717) is 0 Å². The van der Waals surface area contributed by atoms with Gasteiger partial charge in [0.2, 0.25) is 6.54 Å². The number of hydrogen-bond acceptors (Lipinski definition) is 8. The number of halogens is 2. The molecule has 0 saturated carbocycles. The van der Waals surface area contributed by atoms with Gasteiger partial charge in [-0.15, -0.1) is 0 Å². The number of esters is 2. The summed E-state index contributed by atoms with van der Waals surface area (Å²) < 4.78 is 29.4. The molecule has 0 aromatic heterocycles. The number of rotatable bonds is 9. The molecule has 28 heavy (non-hydrogen) atoms. The fraction of sp³-hybridized carbons (Fsp3) is 0.471. The molecule has 0 radical (unpaired) electrons. The van der Waals surface area contributed by atoms with E-state index >= 15 is 0 Å². The van der Waals surface area contributed by atoms with Gasteiger partial charge in [-0.2, -0.15) is 0 Å². The first-order valence-electron chi connectivity index (χ1n) is 8.03. The summed E-state index contributed by atoms with van der Waals surface area (Å²) >= 11 is 5.86. The number of nitrogens with zero attached hydrogens (tertiary/aromatic N) is 1. The average molecular weight is 420 g/mol. The topological polar surface area (TPSA) is 122 Å². The van der Waals surface area contributed by atoms with E-state index in [1.54, 1.807) is 6.92 Å². The predicted octanol–water partition coefficient (Wildman–Crippen LogP) is 2.40. The number of ketones is 1. The van der Waals surface area contributed by atoms with Crippen molar-refractivity contribution in [2.24, 2.45) is 5.92 Å². The lowest BCUT2D eigenvalue weighted by molar-refractivity contribution is -0.484. The second-order valence-electron chi connectivity index (χ2n) is 5.60. The molecule has 1 aromatic carbocycles. The van der Waals surface area contributed by atoms with Crippen LogP contribution in [0.4, 0.5) is 4.39 Å². The summed E-state index contributed by atoms with van der Waals surface area (Å²) in [6, 6.07) is 1.02. The fourth-order valence-electron chi connectivity index (χ4n) is 2.72. The lowest BCUT2D eigenvalue weighted by Crippen LogP contribution is -2.36. The highest BCUT2D eigenvalue weighted by atomic mass is 35.5. The van der Waals surface area contributed by atoms with Crippen molar-refractivity contribution in [2.45, 2.75) is 19.8 Å². The van der Waals surface area contributed by atoms with Crippen LogP contribution in [0.1, 0.15) is 35.7 Å². The van der Waals surface area contributed by atoms with Crippen molar-refractivity contribution >= 4 is 29.3 Å². The number of carbonyl (C=O) groups excluding carboxylic acids is 3. The second-order valence-corrected chi connectivity index (χ2v) is 6.00. The molecule has 0 spiro atoms. The molecule has 11 heteroatoms. The number of benzene rings is 1. The Morgan fingerprint density at radius 1 is 1.25 bits per heavy atom. The van der Waals surface area contributed by atoms with Crippen molar-refractivity contribution in [3.05, 3.63) is 38.1 Å². The van der Waals surface area contributed by atoms with E-state index < -0.39 is 57.4 Å².